The quantitative estimate of drug-likeness (QED) is 0.756. The van der Waals surface area contributed by atoms with Crippen LogP contribution in [-0.2, 0) is 6.54 Å². The molecule has 0 aromatic heterocycles. The first-order valence-corrected chi connectivity index (χ1v) is 5.45. The maximum atomic E-state index is 11.7. The first-order valence-electron chi connectivity index (χ1n) is 5.45. The van der Waals surface area contributed by atoms with E-state index in [2.05, 4.69) is 11.9 Å². The van der Waals surface area contributed by atoms with Gasteiger partial charge in [0.1, 0.15) is 0 Å². The van der Waals surface area contributed by atoms with E-state index in [1.165, 1.54) is 0 Å². The van der Waals surface area contributed by atoms with Crippen molar-refractivity contribution in [2.45, 2.75) is 13.5 Å². The molecule has 0 atom stereocenters. The first kappa shape index (κ1) is 12.3. The number of amides is 2. The Kier molecular flexibility index (Phi) is 5.12. The molecule has 0 saturated heterocycles. The van der Waals surface area contributed by atoms with Crippen LogP contribution in [0, 0.1) is 0 Å². The second-order valence-electron chi connectivity index (χ2n) is 3.47. The van der Waals surface area contributed by atoms with Crippen molar-refractivity contribution in [1.82, 2.24) is 10.2 Å². The predicted molar refractivity (Wildman–Crippen MR) is 66.1 cm³/mol. The molecule has 1 N–H and O–H groups in total. The number of carbonyl (C=O) groups excluding carboxylic acids is 1. The van der Waals surface area contributed by atoms with Crippen LogP contribution >= 0.6 is 0 Å². The van der Waals surface area contributed by atoms with Crippen LogP contribution < -0.4 is 5.32 Å². The van der Waals surface area contributed by atoms with E-state index in [4.69, 9.17) is 0 Å². The molecule has 1 aromatic rings. The zero-order valence-electron chi connectivity index (χ0n) is 9.65. The van der Waals surface area contributed by atoms with Crippen LogP contribution in [0.2, 0.25) is 0 Å². The van der Waals surface area contributed by atoms with Crippen molar-refractivity contribution in [3.05, 3.63) is 48.6 Å². The monoisotopic (exact) mass is 218 g/mol. The molecule has 0 unspecified atom stereocenters. The van der Waals surface area contributed by atoms with E-state index in [1.54, 1.807) is 11.0 Å². The van der Waals surface area contributed by atoms with Crippen molar-refractivity contribution < 1.29 is 4.79 Å². The molecule has 0 spiro atoms. The highest BCUT2D eigenvalue weighted by Crippen LogP contribution is 2.04. The molecule has 0 fully saturated rings. The van der Waals surface area contributed by atoms with Crippen molar-refractivity contribution in [2.24, 2.45) is 0 Å². The van der Waals surface area contributed by atoms with Crippen LogP contribution in [0.15, 0.2) is 43.0 Å². The lowest BCUT2D eigenvalue weighted by Gasteiger charge is -2.21. The van der Waals surface area contributed by atoms with Gasteiger partial charge in [-0.15, -0.1) is 6.58 Å². The summed E-state index contributed by atoms with van der Waals surface area (Å²) in [5, 5.41) is 2.77. The van der Waals surface area contributed by atoms with Crippen LogP contribution in [0.25, 0.3) is 0 Å². The van der Waals surface area contributed by atoms with Gasteiger partial charge in [-0.3, -0.25) is 0 Å². The minimum Gasteiger partial charge on any atom is -0.335 e. The average molecular weight is 218 g/mol. The molecule has 0 aliphatic carbocycles. The number of rotatable bonds is 5. The third-order valence-electron chi connectivity index (χ3n) is 2.28. The molecule has 3 heteroatoms. The summed E-state index contributed by atoms with van der Waals surface area (Å²) in [4.78, 5) is 13.5. The minimum atomic E-state index is -0.0498. The lowest BCUT2D eigenvalue weighted by molar-refractivity contribution is 0.199. The van der Waals surface area contributed by atoms with Gasteiger partial charge in [0.2, 0.25) is 0 Å². The molecule has 1 aromatic carbocycles. The highest BCUT2D eigenvalue weighted by molar-refractivity contribution is 5.74. The Balaban J connectivity index is 2.55. The van der Waals surface area contributed by atoms with Crippen molar-refractivity contribution in [3.63, 3.8) is 0 Å². The molecule has 86 valence electrons. The van der Waals surface area contributed by atoms with Gasteiger partial charge in [-0.1, -0.05) is 36.4 Å². The van der Waals surface area contributed by atoms with Gasteiger partial charge < -0.3 is 10.2 Å². The largest absolute Gasteiger partial charge is 0.335 e. The smallest absolute Gasteiger partial charge is 0.317 e. The number of nitrogens with one attached hydrogen (secondary N) is 1. The van der Waals surface area contributed by atoms with Crippen LogP contribution in [-0.4, -0.2) is 24.0 Å². The molecule has 0 aliphatic rings. The van der Waals surface area contributed by atoms with Crippen molar-refractivity contribution >= 4 is 6.03 Å². The van der Waals surface area contributed by atoms with Gasteiger partial charge in [0.15, 0.2) is 0 Å². The third-order valence-corrected chi connectivity index (χ3v) is 2.28. The third kappa shape index (κ3) is 3.77. The molecule has 3 nitrogen and oxygen atoms in total. The highest BCUT2D eigenvalue weighted by Gasteiger charge is 2.10. The molecule has 0 heterocycles. The summed E-state index contributed by atoms with van der Waals surface area (Å²) in [6.45, 7) is 7.37. The zero-order valence-corrected chi connectivity index (χ0v) is 9.65. The highest BCUT2D eigenvalue weighted by atomic mass is 16.2. The summed E-state index contributed by atoms with van der Waals surface area (Å²) < 4.78 is 0. The van der Waals surface area contributed by atoms with E-state index in [-0.39, 0.29) is 6.03 Å². The Labute approximate surface area is 96.8 Å². The average Bonchev–Trinajstić information content (AvgIpc) is 2.34. The fourth-order valence-electron chi connectivity index (χ4n) is 1.40. The number of benzene rings is 1. The van der Waals surface area contributed by atoms with Crippen molar-refractivity contribution in [3.8, 4) is 0 Å². The summed E-state index contributed by atoms with van der Waals surface area (Å²) in [5.41, 5.74) is 1.14. The van der Waals surface area contributed by atoms with Crippen molar-refractivity contribution in [1.29, 1.82) is 0 Å². The molecule has 0 bridgehead atoms. The van der Waals surface area contributed by atoms with Crippen molar-refractivity contribution in [2.75, 3.05) is 13.1 Å². The van der Waals surface area contributed by atoms with E-state index in [0.717, 1.165) is 5.56 Å². The molecule has 0 saturated carbocycles. The van der Waals surface area contributed by atoms with Gasteiger partial charge in [-0.2, -0.15) is 0 Å². The van der Waals surface area contributed by atoms with Crippen LogP contribution in [0.3, 0.4) is 0 Å². The first-order chi connectivity index (χ1) is 7.77. The molecule has 0 aliphatic heterocycles. The van der Waals surface area contributed by atoms with E-state index in [9.17, 15) is 4.79 Å². The Morgan fingerprint density at radius 1 is 1.44 bits per heavy atom. The van der Waals surface area contributed by atoms with E-state index in [1.807, 2.05) is 37.3 Å². The number of nitrogens with zero attached hydrogens (tertiary/aromatic N) is 1. The standard InChI is InChI=1S/C13H18N2O/c1-3-10-14-13(16)15(4-2)11-12-8-6-5-7-9-12/h3,5-9H,1,4,10-11H2,2H3,(H,14,16). The Bertz CT molecular complexity index is 335. The van der Waals surface area contributed by atoms with Crippen LogP contribution in [0.4, 0.5) is 4.79 Å². The molecular formula is C13H18N2O. The second kappa shape index (κ2) is 6.67. The maximum Gasteiger partial charge on any atom is 0.317 e. The number of carbonyl (C=O) groups is 1. The molecule has 16 heavy (non-hydrogen) atoms. The molecule has 1 rings (SSSR count). The molecule has 2 amide bonds. The summed E-state index contributed by atoms with van der Waals surface area (Å²) in [5.74, 6) is 0. The number of urea groups is 1. The van der Waals surface area contributed by atoms with Gasteiger partial charge >= 0.3 is 6.03 Å². The zero-order chi connectivity index (χ0) is 11.8. The lowest BCUT2D eigenvalue weighted by atomic mass is 10.2. The second-order valence-corrected chi connectivity index (χ2v) is 3.47. The van der Waals surface area contributed by atoms with Gasteiger partial charge in [-0.25, -0.2) is 4.79 Å². The molecular weight excluding hydrogens is 200 g/mol. The van der Waals surface area contributed by atoms with Crippen LogP contribution in [0.1, 0.15) is 12.5 Å². The summed E-state index contributed by atoms with van der Waals surface area (Å²) in [6, 6.07) is 9.91. The number of hydrogen-bond donors (Lipinski definition) is 1. The van der Waals surface area contributed by atoms with Crippen LogP contribution in [0.5, 0.6) is 0 Å². The van der Waals surface area contributed by atoms with E-state index >= 15 is 0 Å². The van der Waals surface area contributed by atoms with Gasteiger partial charge in [-0.05, 0) is 12.5 Å². The fraction of sp³-hybridized carbons (Fsp3) is 0.308. The van der Waals surface area contributed by atoms with Gasteiger partial charge in [0, 0.05) is 19.6 Å². The predicted octanol–water partition coefficient (Wildman–Crippen LogP) is 2.40. The molecule has 0 radical (unpaired) electrons. The normalized spacial score (nSPS) is 9.56. The minimum absolute atomic E-state index is 0.0498. The summed E-state index contributed by atoms with van der Waals surface area (Å²) >= 11 is 0. The summed E-state index contributed by atoms with van der Waals surface area (Å²) in [7, 11) is 0. The Hall–Kier alpha value is -1.77. The summed E-state index contributed by atoms with van der Waals surface area (Å²) in [6.07, 6.45) is 1.67. The SMILES string of the molecule is C=CCNC(=O)N(CC)Cc1ccccc1. The fourth-order valence-corrected chi connectivity index (χ4v) is 1.40. The Morgan fingerprint density at radius 2 is 2.12 bits per heavy atom. The Morgan fingerprint density at radius 3 is 2.69 bits per heavy atom. The van der Waals surface area contributed by atoms with Gasteiger partial charge in [0.05, 0.1) is 0 Å². The number of hydrogen-bond acceptors (Lipinski definition) is 1. The topological polar surface area (TPSA) is 32.3 Å². The lowest BCUT2D eigenvalue weighted by Crippen LogP contribution is -2.39. The van der Waals surface area contributed by atoms with Gasteiger partial charge in [0.25, 0.3) is 0 Å². The maximum absolute atomic E-state index is 11.7. The van der Waals surface area contributed by atoms with E-state index < -0.39 is 0 Å². The van der Waals surface area contributed by atoms with E-state index in [0.29, 0.717) is 19.6 Å².